The van der Waals surface area contributed by atoms with Crippen LogP contribution in [0.25, 0.3) is 5.76 Å². The van der Waals surface area contributed by atoms with E-state index in [1.54, 1.807) is 54.5 Å². The Kier molecular flexibility index (Phi) is 3.91. The average molecular weight is 252 g/mol. The van der Waals surface area contributed by atoms with E-state index in [-0.39, 0.29) is 11.5 Å². The van der Waals surface area contributed by atoms with Crippen LogP contribution in [0.1, 0.15) is 22.8 Å². The van der Waals surface area contributed by atoms with Gasteiger partial charge in [0.2, 0.25) is 5.76 Å². The number of hydrogen-bond acceptors (Lipinski definition) is 3. The zero-order valence-corrected chi connectivity index (χ0v) is 10.4. The van der Waals surface area contributed by atoms with Crippen molar-refractivity contribution in [2.24, 2.45) is 0 Å². The van der Waals surface area contributed by atoms with E-state index in [0.717, 1.165) is 0 Å². The molecule has 0 heterocycles. The van der Waals surface area contributed by atoms with Crippen LogP contribution in [0.3, 0.4) is 0 Å². The summed E-state index contributed by atoms with van der Waals surface area (Å²) < 4.78 is 5.51. The fourth-order valence-corrected chi connectivity index (χ4v) is 1.68. The number of carbonyl (C=O) groups is 1. The van der Waals surface area contributed by atoms with E-state index in [1.165, 1.54) is 6.92 Å². The van der Waals surface area contributed by atoms with Crippen molar-refractivity contribution in [3.63, 3.8) is 0 Å². The molecule has 3 heteroatoms. The second-order valence-corrected chi connectivity index (χ2v) is 3.95. The van der Waals surface area contributed by atoms with Crippen LogP contribution in [0.4, 0.5) is 0 Å². The zero-order chi connectivity index (χ0) is 13.7. The molecule has 0 atom stereocenters. The van der Waals surface area contributed by atoms with Crippen molar-refractivity contribution >= 4 is 17.5 Å². The third-order valence-corrected chi connectivity index (χ3v) is 2.61. The van der Waals surface area contributed by atoms with Crippen LogP contribution >= 0.6 is 0 Å². The molecule has 0 radical (unpaired) electrons. The minimum atomic E-state index is -0.117. The molecule has 3 nitrogen and oxygen atoms in total. The first kappa shape index (κ1) is 12.8. The van der Waals surface area contributed by atoms with Crippen LogP contribution in [-0.4, -0.2) is 11.7 Å². The molecule has 0 bridgehead atoms. The summed E-state index contributed by atoms with van der Waals surface area (Å²) in [6.07, 6.45) is 0. The molecular formula is C16H12O3. The fourth-order valence-electron chi connectivity index (χ4n) is 1.68. The predicted molar refractivity (Wildman–Crippen MR) is 72.6 cm³/mol. The summed E-state index contributed by atoms with van der Waals surface area (Å²) in [6, 6.07) is 15.7. The molecule has 2 aromatic carbocycles. The van der Waals surface area contributed by atoms with Crippen LogP contribution in [-0.2, 0) is 4.79 Å². The van der Waals surface area contributed by atoms with Crippen LogP contribution in [0.2, 0.25) is 0 Å². The van der Waals surface area contributed by atoms with Crippen molar-refractivity contribution in [3.8, 4) is 5.75 Å². The maximum atomic E-state index is 11.5. The van der Waals surface area contributed by atoms with Gasteiger partial charge in [0.05, 0.1) is 5.56 Å². The summed E-state index contributed by atoms with van der Waals surface area (Å²) in [4.78, 5) is 22.5. The van der Waals surface area contributed by atoms with E-state index in [0.29, 0.717) is 16.9 Å². The minimum absolute atomic E-state index is 0.0642. The molecule has 94 valence electrons. The highest BCUT2D eigenvalue weighted by Gasteiger charge is 2.11. The first-order valence-corrected chi connectivity index (χ1v) is 5.80. The van der Waals surface area contributed by atoms with E-state index >= 15 is 0 Å². The van der Waals surface area contributed by atoms with Gasteiger partial charge in [-0.05, 0) is 19.1 Å². The number of rotatable bonds is 4. The molecule has 0 saturated carbocycles. The maximum Gasteiger partial charge on any atom is 0.217 e. The highest BCUT2D eigenvalue weighted by atomic mass is 16.5. The van der Waals surface area contributed by atoms with Crippen LogP contribution < -0.4 is 4.74 Å². The quantitative estimate of drug-likeness (QED) is 0.477. The molecular weight excluding hydrogens is 240 g/mol. The second kappa shape index (κ2) is 5.80. The number of para-hydroxylation sites is 1. The van der Waals surface area contributed by atoms with Crippen LogP contribution in [0.15, 0.2) is 54.6 Å². The van der Waals surface area contributed by atoms with Gasteiger partial charge in [0, 0.05) is 5.56 Å². The van der Waals surface area contributed by atoms with E-state index in [4.69, 9.17) is 4.74 Å². The fraction of sp³-hybridized carbons (Fsp3) is 0.0625. The van der Waals surface area contributed by atoms with Crippen molar-refractivity contribution in [1.82, 2.24) is 0 Å². The highest BCUT2D eigenvalue weighted by molar-refractivity contribution is 5.97. The van der Waals surface area contributed by atoms with Gasteiger partial charge < -0.3 is 4.74 Å². The smallest absolute Gasteiger partial charge is 0.217 e. The highest BCUT2D eigenvalue weighted by Crippen LogP contribution is 2.23. The summed E-state index contributed by atoms with van der Waals surface area (Å²) in [5.41, 5.74) is 1.06. The molecule has 2 aromatic rings. The van der Waals surface area contributed by atoms with Gasteiger partial charge in [0.1, 0.15) is 5.75 Å². The minimum Gasteiger partial charge on any atom is -0.444 e. The van der Waals surface area contributed by atoms with Gasteiger partial charge in [-0.25, -0.2) is 4.79 Å². The topological polar surface area (TPSA) is 43.4 Å². The maximum absolute atomic E-state index is 11.5. The SMILES string of the molecule is CC(=O)c1ccccc1OC(=C=O)c1ccccc1. The molecule has 0 fully saturated rings. The standard InChI is InChI=1S/C16H12O3/c1-12(18)14-9-5-6-10-15(14)19-16(11-17)13-7-3-2-4-8-13/h2-10H,1H3. The van der Waals surface area contributed by atoms with Crippen molar-refractivity contribution in [2.75, 3.05) is 0 Å². The molecule has 0 unspecified atom stereocenters. The molecule has 0 N–H and O–H groups in total. The molecule has 0 spiro atoms. The summed E-state index contributed by atoms with van der Waals surface area (Å²) in [6.45, 7) is 1.45. The Morgan fingerprint density at radius 1 is 1.00 bits per heavy atom. The molecule has 0 aliphatic carbocycles. The van der Waals surface area contributed by atoms with Gasteiger partial charge >= 0.3 is 0 Å². The number of ketones is 1. The number of carbonyl (C=O) groups excluding carboxylic acids is 2. The first-order chi connectivity index (χ1) is 9.22. The van der Waals surface area contributed by atoms with E-state index in [1.807, 2.05) is 6.07 Å². The summed E-state index contributed by atoms with van der Waals surface area (Å²) in [5, 5.41) is 0. The molecule has 0 saturated heterocycles. The van der Waals surface area contributed by atoms with Gasteiger partial charge in [-0.3, -0.25) is 4.79 Å². The second-order valence-electron chi connectivity index (χ2n) is 3.95. The Morgan fingerprint density at radius 2 is 1.63 bits per heavy atom. The Hall–Kier alpha value is -2.64. The molecule has 0 aliphatic heterocycles. The zero-order valence-electron chi connectivity index (χ0n) is 10.4. The summed E-state index contributed by atoms with van der Waals surface area (Å²) in [5.74, 6) is 2.07. The monoisotopic (exact) mass is 252 g/mol. The number of Topliss-reactive ketones (excluding diaryl/α,β-unsaturated/α-hetero) is 1. The van der Waals surface area contributed by atoms with Crippen molar-refractivity contribution < 1.29 is 14.3 Å². The Balaban J connectivity index is 2.36. The normalized spacial score (nSPS) is 9.53. The summed E-state index contributed by atoms with van der Waals surface area (Å²) in [7, 11) is 0. The Labute approximate surface area is 111 Å². The Bertz CT molecular complexity index is 638. The van der Waals surface area contributed by atoms with Gasteiger partial charge in [0.15, 0.2) is 11.7 Å². The van der Waals surface area contributed by atoms with Crippen molar-refractivity contribution in [3.05, 3.63) is 65.7 Å². The number of hydrogen-bond donors (Lipinski definition) is 0. The lowest BCUT2D eigenvalue weighted by Crippen LogP contribution is -2.01. The number of ether oxygens (including phenoxy) is 1. The average Bonchev–Trinajstić information content (AvgIpc) is 2.46. The largest absolute Gasteiger partial charge is 0.444 e. The lowest BCUT2D eigenvalue weighted by molar-refractivity contribution is 0.101. The van der Waals surface area contributed by atoms with Crippen LogP contribution in [0.5, 0.6) is 5.75 Å². The van der Waals surface area contributed by atoms with Crippen molar-refractivity contribution in [2.45, 2.75) is 6.92 Å². The van der Waals surface area contributed by atoms with E-state index < -0.39 is 0 Å². The molecule has 2 rings (SSSR count). The van der Waals surface area contributed by atoms with Gasteiger partial charge in [-0.1, -0.05) is 42.5 Å². The lowest BCUT2D eigenvalue weighted by atomic mass is 10.1. The number of benzene rings is 2. The third kappa shape index (κ3) is 2.97. The summed E-state index contributed by atoms with van der Waals surface area (Å²) >= 11 is 0. The van der Waals surface area contributed by atoms with E-state index in [9.17, 15) is 9.59 Å². The van der Waals surface area contributed by atoms with Crippen molar-refractivity contribution in [1.29, 1.82) is 0 Å². The first-order valence-electron chi connectivity index (χ1n) is 5.80. The van der Waals surface area contributed by atoms with Gasteiger partial charge in [-0.2, -0.15) is 0 Å². The molecule has 0 aliphatic rings. The predicted octanol–water partition coefficient (Wildman–Crippen LogP) is 3.14. The lowest BCUT2D eigenvalue weighted by Gasteiger charge is -2.09. The van der Waals surface area contributed by atoms with Gasteiger partial charge in [0.25, 0.3) is 0 Å². The van der Waals surface area contributed by atoms with Gasteiger partial charge in [-0.15, -0.1) is 0 Å². The molecule has 0 aromatic heterocycles. The van der Waals surface area contributed by atoms with E-state index in [2.05, 4.69) is 0 Å². The Morgan fingerprint density at radius 3 is 2.26 bits per heavy atom. The molecule has 0 amide bonds. The van der Waals surface area contributed by atoms with Crippen LogP contribution in [0, 0.1) is 0 Å². The third-order valence-electron chi connectivity index (χ3n) is 2.61. The molecule has 19 heavy (non-hydrogen) atoms.